The Kier molecular flexibility index (Phi) is 22.1. The molecule has 0 heterocycles. The van der Waals surface area contributed by atoms with Gasteiger partial charge in [0, 0.05) is 4.70 Å². The van der Waals surface area contributed by atoms with Crippen molar-refractivity contribution in [3.05, 3.63) is 0 Å². The van der Waals surface area contributed by atoms with Gasteiger partial charge in [0.2, 0.25) is 0 Å². The van der Waals surface area contributed by atoms with E-state index in [4.69, 9.17) is 12.2 Å². The molecule has 0 saturated carbocycles. The fourth-order valence-corrected chi connectivity index (χ4v) is 1.77. The molecular weight excluding hydrogens is 200 g/mol. The minimum absolute atomic E-state index is 1.22. The average Bonchev–Trinajstić information content (AvgIpc) is 2.20. The third-order valence-electron chi connectivity index (χ3n) is 1.68. The van der Waals surface area contributed by atoms with Crippen LogP contribution in [0.25, 0.3) is 0 Å². The Morgan fingerprint density at radius 2 is 1.62 bits per heavy atom. The van der Waals surface area contributed by atoms with E-state index in [1.54, 1.807) is 16.5 Å². The maximum absolute atomic E-state index is 4.71. The number of hydrogen-bond acceptors (Lipinski definition) is 4. The van der Waals surface area contributed by atoms with Crippen LogP contribution < -0.4 is 11.7 Å². The lowest BCUT2D eigenvalue weighted by Crippen LogP contribution is -2.02. The number of hydrogen-bond donors (Lipinski definition) is 2. The molecule has 0 saturated heterocycles. The Balaban J connectivity index is 0. The number of hydrazine groups is 1. The molecule has 0 atom stereocenters. The van der Waals surface area contributed by atoms with E-state index >= 15 is 0 Å². The van der Waals surface area contributed by atoms with Crippen LogP contribution in [0, 0.1) is 0 Å². The van der Waals surface area contributed by atoms with Crippen LogP contribution in [0.15, 0.2) is 0 Å². The van der Waals surface area contributed by atoms with Gasteiger partial charge >= 0.3 is 0 Å². The molecule has 0 aliphatic heterocycles. The molecule has 0 aromatic heterocycles. The van der Waals surface area contributed by atoms with Gasteiger partial charge in [-0.2, -0.15) is 0 Å². The highest BCUT2D eigenvalue weighted by Crippen LogP contribution is 2.07. The molecule has 80 valence electrons. The van der Waals surface area contributed by atoms with Crippen molar-refractivity contribution in [2.75, 3.05) is 5.75 Å². The Hall–Kier alpha value is 0.360. The third-order valence-corrected chi connectivity index (χ3v) is 2.75. The first kappa shape index (κ1) is 15.8. The van der Waals surface area contributed by atoms with Crippen molar-refractivity contribution in [2.45, 2.75) is 45.4 Å². The van der Waals surface area contributed by atoms with E-state index in [0.717, 1.165) is 0 Å². The van der Waals surface area contributed by atoms with E-state index in [2.05, 4.69) is 18.6 Å². The van der Waals surface area contributed by atoms with E-state index in [9.17, 15) is 0 Å². The first-order valence-corrected chi connectivity index (χ1v) is 6.32. The largest absolute Gasteiger partial charge is 0.274 e. The van der Waals surface area contributed by atoms with Crippen LogP contribution in [-0.2, 0) is 0 Å². The number of thiocarbonyl (C=S) groups is 1. The molecule has 0 amide bonds. The standard InChI is InChI=1S/C9H18S2.H4N2/c1-2-3-4-5-6-7-8-11-9-10;1-2/h9H,2-8H2,1H3;1-2H2. The molecule has 0 aliphatic rings. The van der Waals surface area contributed by atoms with Crippen molar-refractivity contribution in [1.82, 2.24) is 0 Å². The molecule has 0 bridgehead atoms. The summed E-state index contributed by atoms with van der Waals surface area (Å²) in [6, 6.07) is 0. The maximum atomic E-state index is 4.71. The first-order valence-electron chi connectivity index (χ1n) is 4.80. The van der Waals surface area contributed by atoms with Crippen molar-refractivity contribution in [2.24, 2.45) is 11.7 Å². The fourth-order valence-electron chi connectivity index (χ4n) is 1.01. The van der Waals surface area contributed by atoms with Gasteiger partial charge in [-0.3, -0.25) is 11.7 Å². The van der Waals surface area contributed by atoms with Crippen LogP contribution in [0.4, 0.5) is 0 Å². The maximum Gasteiger partial charge on any atom is 0.0341 e. The van der Waals surface area contributed by atoms with Crippen molar-refractivity contribution in [3.63, 3.8) is 0 Å². The molecule has 2 nitrogen and oxygen atoms in total. The van der Waals surface area contributed by atoms with E-state index in [-0.39, 0.29) is 0 Å². The second kappa shape index (κ2) is 18.2. The van der Waals surface area contributed by atoms with Gasteiger partial charge in [-0.25, -0.2) is 0 Å². The minimum Gasteiger partial charge on any atom is -0.274 e. The van der Waals surface area contributed by atoms with Crippen LogP contribution in [-0.4, -0.2) is 10.5 Å². The topological polar surface area (TPSA) is 52.0 Å². The monoisotopic (exact) mass is 222 g/mol. The third kappa shape index (κ3) is 19.0. The SMILES string of the molecule is CCCCCCCCSC=S.NN. The van der Waals surface area contributed by atoms with Crippen molar-refractivity contribution >= 4 is 28.7 Å². The van der Waals surface area contributed by atoms with Crippen LogP contribution in [0.1, 0.15) is 45.4 Å². The molecule has 0 unspecified atom stereocenters. The van der Waals surface area contributed by atoms with Crippen molar-refractivity contribution in [1.29, 1.82) is 0 Å². The predicted octanol–water partition coefficient (Wildman–Crippen LogP) is 2.86. The normalized spacial score (nSPS) is 8.85. The van der Waals surface area contributed by atoms with E-state index in [1.165, 1.54) is 44.3 Å². The highest BCUT2D eigenvalue weighted by Gasteiger charge is 1.88. The Morgan fingerprint density at radius 3 is 2.15 bits per heavy atom. The van der Waals surface area contributed by atoms with Gasteiger partial charge in [0.1, 0.15) is 0 Å². The number of nitrogens with two attached hydrogens (primary N) is 2. The van der Waals surface area contributed by atoms with Gasteiger partial charge in [-0.1, -0.05) is 51.2 Å². The molecule has 13 heavy (non-hydrogen) atoms. The first-order chi connectivity index (χ1) is 6.41. The Morgan fingerprint density at radius 1 is 1.08 bits per heavy atom. The second-order valence-corrected chi connectivity index (χ2v) is 4.25. The minimum atomic E-state index is 1.22. The summed E-state index contributed by atoms with van der Waals surface area (Å²) >= 11 is 6.47. The molecule has 4 N–H and O–H groups in total. The molecule has 0 aliphatic carbocycles. The Labute approximate surface area is 91.8 Å². The van der Waals surface area contributed by atoms with Crippen molar-refractivity contribution in [3.8, 4) is 0 Å². The smallest absolute Gasteiger partial charge is 0.0341 e. The number of thioether (sulfide) groups is 1. The molecule has 0 fully saturated rings. The van der Waals surface area contributed by atoms with E-state index in [1.807, 2.05) is 0 Å². The number of unbranched alkanes of at least 4 members (excludes halogenated alkanes) is 5. The second-order valence-electron chi connectivity index (χ2n) is 2.73. The molecule has 0 aromatic rings. The van der Waals surface area contributed by atoms with Gasteiger partial charge < -0.3 is 0 Å². The lowest BCUT2D eigenvalue weighted by atomic mass is 10.1. The van der Waals surface area contributed by atoms with E-state index in [0.29, 0.717) is 0 Å². The molecule has 4 heteroatoms. The zero-order valence-electron chi connectivity index (χ0n) is 8.50. The lowest BCUT2D eigenvalue weighted by Gasteiger charge is -1.97. The van der Waals surface area contributed by atoms with Crippen LogP contribution in [0.5, 0.6) is 0 Å². The summed E-state index contributed by atoms with van der Waals surface area (Å²) < 4.78 is 1.77. The summed E-state index contributed by atoms with van der Waals surface area (Å²) in [4.78, 5) is 0. The summed E-state index contributed by atoms with van der Waals surface area (Å²) in [6.45, 7) is 2.25. The predicted molar refractivity (Wildman–Crippen MR) is 67.9 cm³/mol. The molecule has 0 rings (SSSR count). The summed E-state index contributed by atoms with van der Waals surface area (Å²) in [5.41, 5.74) is 0. The zero-order valence-corrected chi connectivity index (χ0v) is 10.1. The number of rotatable bonds is 8. The summed E-state index contributed by atoms with van der Waals surface area (Å²) in [5.74, 6) is 9.22. The lowest BCUT2D eigenvalue weighted by molar-refractivity contribution is 0.627. The molecule has 0 radical (unpaired) electrons. The van der Waals surface area contributed by atoms with Gasteiger partial charge in [-0.15, -0.1) is 11.8 Å². The highest BCUT2D eigenvalue weighted by atomic mass is 32.2. The molecule has 0 spiro atoms. The van der Waals surface area contributed by atoms with Crippen LogP contribution >= 0.6 is 24.0 Å². The molecular formula is C9H22N2S2. The van der Waals surface area contributed by atoms with Gasteiger partial charge in [-0.05, 0) is 12.2 Å². The summed E-state index contributed by atoms with van der Waals surface area (Å²) in [6.07, 6.45) is 8.29. The summed E-state index contributed by atoms with van der Waals surface area (Å²) in [7, 11) is 0. The van der Waals surface area contributed by atoms with Crippen LogP contribution in [0.2, 0.25) is 0 Å². The van der Waals surface area contributed by atoms with Gasteiger partial charge in [0.25, 0.3) is 0 Å². The molecule has 0 aromatic carbocycles. The quantitative estimate of drug-likeness (QED) is 0.287. The van der Waals surface area contributed by atoms with Gasteiger partial charge in [0.15, 0.2) is 0 Å². The fraction of sp³-hybridized carbons (Fsp3) is 0.889. The highest BCUT2D eigenvalue weighted by molar-refractivity contribution is 8.20. The van der Waals surface area contributed by atoms with Crippen molar-refractivity contribution < 1.29 is 0 Å². The Bertz CT molecular complexity index is 89.7. The van der Waals surface area contributed by atoms with E-state index < -0.39 is 0 Å². The summed E-state index contributed by atoms with van der Waals surface area (Å²) in [5, 5.41) is 0. The zero-order chi connectivity index (χ0) is 10.4. The average molecular weight is 222 g/mol. The van der Waals surface area contributed by atoms with Gasteiger partial charge in [0.05, 0.1) is 0 Å². The van der Waals surface area contributed by atoms with Crippen LogP contribution in [0.3, 0.4) is 0 Å².